The molecule has 0 amide bonds. The Kier molecular flexibility index (Phi) is 5.81. The monoisotopic (exact) mass is 281 g/mol. The molecule has 0 aromatic heterocycles. The summed E-state index contributed by atoms with van der Waals surface area (Å²) in [4.78, 5) is 0. The topological polar surface area (TPSA) is 42.2 Å². The average Bonchev–Trinajstić information content (AvgIpc) is 2.55. The highest BCUT2D eigenvalue weighted by atomic mass is 16.5. The van der Waals surface area contributed by atoms with Gasteiger partial charge in [-0.25, -0.2) is 0 Å². The molecule has 0 saturated heterocycles. The average molecular weight is 281 g/mol. The Morgan fingerprint density at radius 1 is 1.00 bits per heavy atom. The summed E-state index contributed by atoms with van der Waals surface area (Å²) in [5, 5.41) is 9.54. The minimum absolute atomic E-state index is 0.315. The summed E-state index contributed by atoms with van der Waals surface area (Å²) in [7, 11) is 1.68. The van der Waals surface area contributed by atoms with Crippen molar-refractivity contribution in [2.45, 2.75) is 12.3 Å². The Morgan fingerprint density at radius 3 is 2.43 bits per heavy atom. The molecule has 1 unspecified atom stereocenters. The predicted molar refractivity (Wildman–Crippen MR) is 82.3 cm³/mol. The van der Waals surface area contributed by atoms with Crippen LogP contribution in [0.25, 0.3) is 0 Å². The number of hydrogen-bond donors (Lipinski definition) is 0. The van der Waals surface area contributed by atoms with Crippen molar-refractivity contribution in [1.82, 2.24) is 0 Å². The van der Waals surface area contributed by atoms with Gasteiger partial charge in [0.1, 0.15) is 5.75 Å². The van der Waals surface area contributed by atoms with Gasteiger partial charge in [-0.15, -0.1) is 0 Å². The lowest BCUT2D eigenvalue weighted by molar-refractivity contribution is 0.172. The molecular weight excluding hydrogens is 262 g/mol. The number of benzene rings is 2. The number of ether oxygens (including phenoxy) is 2. The summed E-state index contributed by atoms with van der Waals surface area (Å²) in [6.45, 7) is 1.25. The first-order valence-electron chi connectivity index (χ1n) is 7.02. The maximum atomic E-state index is 9.54. The number of nitriles is 1. The summed E-state index contributed by atoms with van der Waals surface area (Å²) in [6.07, 6.45) is 0.827. The molecule has 3 heteroatoms. The first-order valence-corrected chi connectivity index (χ1v) is 7.02. The summed E-state index contributed by atoms with van der Waals surface area (Å²) in [5.74, 6) is 0.453. The summed E-state index contributed by atoms with van der Waals surface area (Å²) in [5.41, 5.74) is 1.89. The van der Waals surface area contributed by atoms with Crippen molar-refractivity contribution in [3.8, 4) is 11.8 Å². The Bertz CT molecular complexity index is 590. The van der Waals surface area contributed by atoms with Gasteiger partial charge in [0, 0.05) is 25.7 Å². The Morgan fingerprint density at radius 2 is 1.71 bits per heavy atom. The Hall–Kier alpha value is -2.31. The van der Waals surface area contributed by atoms with E-state index in [0.29, 0.717) is 13.2 Å². The van der Waals surface area contributed by atoms with E-state index < -0.39 is 0 Å². The molecule has 0 spiro atoms. The first-order chi connectivity index (χ1) is 10.4. The smallest absolute Gasteiger partial charge is 0.124 e. The molecule has 0 aliphatic heterocycles. The molecule has 0 heterocycles. The predicted octanol–water partition coefficient (Wildman–Crippen LogP) is 3.76. The van der Waals surface area contributed by atoms with Crippen LogP contribution in [-0.4, -0.2) is 20.3 Å². The van der Waals surface area contributed by atoms with Gasteiger partial charge in [0.2, 0.25) is 0 Å². The quantitative estimate of drug-likeness (QED) is 0.726. The van der Waals surface area contributed by atoms with Gasteiger partial charge in [-0.1, -0.05) is 48.5 Å². The minimum atomic E-state index is -0.315. The van der Waals surface area contributed by atoms with Crippen LogP contribution in [0.15, 0.2) is 54.6 Å². The standard InChI is InChI=1S/C18H19NO2/c1-20-12-7-13-21-18-11-6-5-10-16(18)17(14-19)15-8-3-2-4-9-15/h2-6,8-11,17H,7,12-13H2,1H3. The van der Waals surface area contributed by atoms with E-state index in [1.165, 1.54) is 0 Å². The third-order valence-electron chi connectivity index (χ3n) is 3.24. The van der Waals surface area contributed by atoms with Crippen LogP contribution in [0.1, 0.15) is 23.5 Å². The van der Waals surface area contributed by atoms with Crippen LogP contribution in [0.2, 0.25) is 0 Å². The van der Waals surface area contributed by atoms with Crippen molar-refractivity contribution in [1.29, 1.82) is 5.26 Å². The SMILES string of the molecule is COCCCOc1ccccc1C(C#N)c1ccccc1. The van der Waals surface area contributed by atoms with Gasteiger partial charge < -0.3 is 9.47 Å². The van der Waals surface area contributed by atoms with Crippen molar-refractivity contribution in [3.63, 3.8) is 0 Å². The molecule has 2 aromatic rings. The number of methoxy groups -OCH3 is 1. The normalized spacial score (nSPS) is 11.6. The molecule has 0 aliphatic carbocycles. The van der Waals surface area contributed by atoms with Crippen LogP contribution in [0.3, 0.4) is 0 Å². The molecule has 2 aromatic carbocycles. The number of para-hydroxylation sites is 1. The van der Waals surface area contributed by atoms with Crippen LogP contribution >= 0.6 is 0 Å². The molecule has 21 heavy (non-hydrogen) atoms. The van der Waals surface area contributed by atoms with Gasteiger partial charge in [-0.05, 0) is 11.6 Å². The third-order valence-corrected chi connectivity index (χ3v) is 3.24. The second kappa shape index (κ2) is 8.08. The lowest BCUT2D eigenvalue weighted by Crippen LogP contribution is -2.06. The van der Waals surface area contributed by atoms with E-state index in [2.05, 4.69) is 6.07 Å². The molecule has 1 atom stereocenters. The van der Waals surface area contributed by atoms with E-state index in [0.717, 1.165) is 23.3 Å². The summed E-state index contributed by atoms with van der Waals surface area (Å²) in [6, 6.07) is 19.9. The third kappa shape index (κ3) is 4.08. The van der Waals surface area contributed by atoms with E-state index in [9.17, 15) is 5.26 Å². The molecule has 0 N–H and O–H groups in total. The van der Waals surface area contributed by atoms with E-state index >= 15 is 0 Å². The highest BCUT2D eigenvalue weighted by Gasteiger charge is 2.17. The Balaban J connectivity index is 2.20. The molecule has 0 aliphatic rings. The molecule has 2 rings (SSSR count). The summed E-state index contributed by atoms with van der Waals surface area (Å²) < 4.78 is 10.8. The molecule has 0 saturated carbocycles. The van der Waals surface area contributed by atoms with Gasteiger partial charge in [0.25, 0.3) is 0 Å². The zero-order valence-electron chi connectivity index (χ0n) is 12.2. The minimum Gasteiger partial charge on any atom is -0.493 e. The van der Waals surface area contributed by atoms with Crippen LogP contribution in [0, 0.1) is 11.3 Å². The van der Waals surface area contributed by atoms with Crippen LogP contribution in [-0.2, 0) is 4.74 Å². The van der Waals surface area contributed by atoms with Crippen LogP contribution in [0.4, 0.5) is 0 Å². The van der Waals surface area contributed by atoms with Gasteiger partial charge in [0.15, 0.2) is 0 Å². The van der Waals surface area contributed by atoms with Crippen LogP contribution < -0.4 is 4.74 Å². The van der Waals surface area contributed by atoms with Crippen molar-refractivity contribution < 1.29 is 9.47 Å². The number of nitrogens with zero attached hydrogens (tertiary/aromatic N) is 1. The molecule has 0 bridgehead atoms. The molecule has 0 radical (unpaired) electrons. The number of rotatable bonds is 7. The Labute approximate surface area is 125 Å². The van der Waals surface area contributed by atoms with Gasteiger partial charge in [-0.3, -0.25) is 0 Å². The zero-order valence-corrected chi connectivity index (χ0v) is 12.2. The van der Waals surface area contributed by atoms with E-state index in [4.69, 9.17) is 9.47 Å². The zero-order chi connectivity index (χ0) is 14.9. The van der Waals surface area contributed by atoms with Crippen LogP contribution in [0.5, 0.6) is 5.75 Å². The number of hydrogen-bond acceptors (Lipinski definition) is 3. The van der Waals surface area contributed by atoms with E-state index in [1.807, 2.05) is 54.6 Å². The second-order valence-corrected chi connectivity index (χ2v) is 4.71. The second-order valence-electron chi connectivity index (χ2n) is 4.71. The molecule has 0 fully saturated rings. The maximum absolute atomic E-state index is 9.54. The largest absolute Gasteiger partial charge is 0.493 e. The fourth-order valence-electron chi connectivity index (χ4n) is 2.20. The van der Waals surface area contributed by atoms with E-state index in [-0.39, 0.29) is 5.92 Å². The maximum Gasteiger partial charge on any atom is 0.124 e. The van der Waals surface area contributed by atoms with Crippen molar-refractivity contribution in [2.75, 3.05) is 20.3 Å². The highest BCUT2D eigenvalue weighted by Crippen LogP contribution is 2.31. The summed E-state index contributed by atoms with van der Waals surface area (Å²) >= 11 is 0. The molecule has 3 nitrogen and oxygen atoms in total. The molecule has 108 valence electrons. The van der Waals surface area contributed by atoms with Gasteiger partial charge in [0.05, 0.1) is 18.6 Å². The lowest BCUT2D eigenvalue weighted by Gasteiger charge is -2.15. The molecular formula is C18H19NO2. The van der Waals surface area contributed by atoms with Gasteiger partial charge >= 0.3 is 0 Å². The highest BCUT2D eigenvalue weighted by molar-refractivity contribution is 5.45. The van der Waals surface area contributed by atoms with Gasteiger partial charge in [-0.2, -0.15) is 5.26 Å². The fraction of sp³-hybridized carbons (Fsp3) is 0.278. The van der Waals surface area contributed by atoms with Crippen molar-refractivity contribution >= 4 is 0 Å². The lowest BCUT2D eigenvalue weighted by atomic mass is 9.92. The van der Waals surface area contributed by atoms with E-state index in [1.54, 1.807) is 7.11 Å². The van der Waals surface area contributed by atoms with Crippen molar-refractivity contribution in [3.05, 3.63) is 65.7 Å². The van der Waals surface area contributed by atoms with Crippen molar-refractivity contribution in [2.24, 2.45) is 0 Å². The first kappa shape index (κ1) is 15.1. The fourth-order valence-corrected chi connectivity index (χ4v) is 2.20.